The molecule has 1 heteroatoms. The molecule has 0 N–H and O–H groups in total. The van der Waals surface area contributed by atoms with Crippen molar-refractivity contribution >= 4 is 0 Å². The summed E-state index contributed by atoms with van der Waals surface area (Å²) in [7, 11) is 0. The number of halogens is 1. The Morgan fingerprint density at radius 2 is 0.520 bits per heavy atom. The lowest BCUT2D eigenvalue weighted by molar-refractivity contribution is 0.448. The van der Waals surface area contributed by atoms with Gasteiger partial charge in [0.2, 0.25) is 0 Å². The summed E-state index contributed by atoms with van der Waals surface area (Å²) in [6, 6.07) is 0. The summed E-state index contributed by atoms with van der Waals surface area (Å²) in [5.41, 5.74) is 0. The zero-order valence-corrected chi connectivity index (χ0v) is 17.3. The Balaban J connectivity index is 2.94. The summed E-state index contributed by atoms with van der Waals surface area (Å²) < 4.78 is 11.9. The fraction of sp³-hybridized carbons (Fsp3) is 0.958. The fourth-order valence-electron chi connectivity index (χ4n) is 3.63. The van der Waals surface area contributed by atoms with Gasteiger partial charge < -0.3 is 0 Å². The fourth-order valence-corrected chi connectivity index (χ4v) is 3.63. The van der Waals surface area contributed by atoms with E-state index in [1.807, 2.05) is 0 Å². The number of alkyl halides is 1. The van der Waals surface area contributed by atoms with Crippen LogP contribution in [0.3, 0.4) is 0 Å². The SMILES string of the molecule is [CH2]CCCCCCCCCCCCCCCCCCCCCCCF. The molecule has 0 fully saturated rings. The first kappa shape index (κ1) is 24.9. The number of unbranched alkanes of at least 4 members (excludes halogenated alkanes) is 21. The van der Waals surface area contributed by atoms with Crippen molar-refractivity contribution in [2.24, 2.45) is 0 Å². The second kappa shape index (κ2) is 23.9. The molecular weight excluding hydrogens is 307 g/mol. The van der Waals surface area contributed by atoms with Crippen LogP contribution in [0, 0.1) is 6.92 Å². The molecule has 0 heterocycles. The van der Waals surface area contributed by atoms with Crippen LogP contribution in [0.1, 0.15) is 141 Å². The quantitative estimate of drug-likeness (QED) is 0.170. The van der Waals surface area contributed by atoms with Crippen LogP contribution in [0.15, 0.2) is 0 Å². The maximum Gasteiger partial charge on any atom is 0.0894 e. The molecule has 25 heavy (non-hydrogen) atoms. The Morgan fingerprint density at radius 1 is 0.320 bits per heavy atom. The van der Waals surface area contributed by atoms with Gasteiger partial charge in [0, 0.05) is 0 Å². The van der Waals surface area contributed by atoms with Crippen molar-refractivity contribution in [3.05, 3.63) is 6.92 Å². The van der Waals surface area contributed by atoms with Crippen LogP contribution < -0.4 is 0 Å². The van der Waals surface area contributed by atoms with E-state index in [1.54, 1.807) is 0 Å². The maximum atomic E-state index is 11.9. The molecule has 1 radical (unpaired) electrons. The Kier molecular flexibility index (Phi) is 23.9. The van der Waals surface area contributed by atoms with Gasteiger partial charge in [-0.2, -0.15) is 0 Å². The molecule has 0 nitrogen and oxygen atoms in total. The highest BCUT2D eigenvalue weighted by Crippen LogP contribution is 2.15. The first-order valence-electron chi connectivity index (χ1n) is 11.8. The van der Waals surface area contributed by atoms with Gasteiger partial charge in [-0.1, -0.05) is 142 Å². The molecule has 0 aliphatic carbocycles. The summed E-state index contributed by atoms with van der Waals surface area (Å²) in [6.07, 6.45) is 29.8. The third kappa shape index (κ3) is 23.9. The lowest BCUT2D eigenvalue weighted by Gasteiger charge is -2.04. The van der Waals surface area contributed by atoms with Gasteiger partial charge in [-0.25, -0.2) is 0 Å². The van der Waals surface area contributed by atoms with E-state index in [2.05, 4.69) is 6.92 Å². The minimum atomic E-state index is -0.128. The predicted molar refractivity (Wildman–Crippen MR) is 113 cm³/mol. The first-order chi connectivity index (χ1) is 12.4. The topological polar surface area (TPSA) is 0 Å². The van der Waals surface area contributed by atoms with Crippen LogP contribution in [0.2, 0.25) is 0 Å². The third-order valence-corrected chi connectivity index (χ3v) is 5.38. The van der Waals surface area contributed by atoms with E-state index in [9.17, 15) is 4.39 Å². The average Bonchev–Trinajstić information content (AvgIpc) is 2.63. The van der Waals surface area contributed by atoms with Gasteiger partial charge in [0.1, 0.15) is 0 Å². The normalized spacial score (nSPS) is 11.3. The lowest BCUT2D eigenvalue weighted by atomic mass is 10.0. The van der Waals surface area contributed by atoms with Crippen LogP contribution in [0.4, 0.5) is 4.39 Å². The summed E-state index contributed by atoms with van der Waals surface area (Å²) in [5.74, 6) is 0. The number of hydrogen-bond acceptors (Lipinski definition) is 0. The van der Waals surface area contributed by atoms with E-state index in [-0.39, 0.29) is 6.67 Å². The maximum absolute atomic E-state index is 11.9. The minimum Gasteiger partial charge on any atom is -0.251 e. The van der Waals surface area contributed by atoms with Crippen molar-refractivity contribution in [1.82, 2.24) is 0 Å². The molecule has 0 atom stereocenters. The molecule has 0 aromatic heterocycles. The average molecular weight is 356 g/mol. The van der Waals surface area contributed by atoms with E-state index >= 15 is 0 Å². The zero-order chi connectivity index (χ0) is 18.3. The van der Waals surface area contributed by atoms with Crippen molar-refractivity contribution in [3.63, 3.8) is 0 Å². The molecule has 0 aromatic carbocycles. The molecule has 0 aliphatic heterocycles. The monoisotopic (exact) mass is 355 g/mol. The molecule has 0 spiro atoms. The highest BCUT2D eigenvalue weighted by atomic mass is 19.1. The third-order valence-electron chi connectivity index (χ3n) is 5.38. The molecule has 0 unspecified atom stereocenters. The van der Waals surface area contributed by atoms with E-state index in [1.165, 1.54) is 122 Å². The Bertz CT molecular complexity index is 192. The van der Waals surface area contributed by atoms with Crippen molar-refractivity contribution in [3.8, 4) is 0 Å². The van der Waals surface area contributed by atoms with Crippen molar-refractivity contribution in [1.29, 1.82) is 0 Å². The van der Waals surface area contributed by atoms with Gasteiger partial charge in [0.15, 0.2) is 0 Å². The van der Waals surface area contributed by atoms with E-state index in [4.69, 9.17) is 0 Å². The summed E-state index contributed by atoms with van der Waals surface area (Å²) in [5, 5.41) is 0. The second-order valence-electron chi connectivity index (χ2n) is 7.97. The molecule has 0 aromatic rings. The summed E-state index contributed by atoms with van der Waals surface area (Å²) >= 11 is 0. The highest BCUT2D eigenvalue weighted by molar-refractivity contribution is 4.51. The number of rotatable bonds is 22. The molecule has 0 aliphatic rings. The van der Waals surface area contributed by atoms with Crippen LogP contribution >= 0.6 is 0 Å². The van der Waals surface area contributed by atoms with E-state index in [0.717, 1.165) is 19.3 Å². The van der Waals surface area contributed by atoms with Crippen LogP contribution in [0.25, 0.3) is 0 Å². The van der Waals surface area contributed by atoms with Crippen LogP contribution in [0.5, 0.6) is 0 Å². The van der Waals surface area contributed by atoms with Gasteiger partial charge in [-0.15, -0.1) is 0 Å². The molecule has 0 saturated carbocycles. The molecule has 0 saturated heterocycles. The molecular formula is C24H48F. The standard InChI is InChI=1S/C24H48F/c1-2-3-4-5-6-7-8-9-10-11-12-13-14-15-16-17-18-19-20-21-22-23-24-25/h1-24H2. The second-order valence-corrected chi connectivity index (χ2v) is 7.97. The Labute approximate surface area is 159 Å². The van der Waals surface area contributed by atoms with Crippen LogP contribution in [-0.2, 0) is 0 Å². The van der Waals surface area contributed by atoms with Gasteiger partial charge in [-0.05, 0) is 6.42 Å². The summed E-state index contributed by atoms with van der Waals surface area (Å²) in [6.45, 7) is 3.77. The number of hydrogen-bond donors (Lipinski definition) is 0. The summed E-state index contributed by atoms with van der Waals surface area (Å²) in [4.78, 5) is 0. The van der Waals surface area contributed by atoms with Gasteiger partial charge in [-0.3, -0.25) is 4.39 Å². The lowest BCUT2D eigenvalue weighted by Crippen LogP contribution is -1.84. The van der Waals surface area contributed by atoms with Crippen molar-refractivity contribution < 1.29 is 4.39 Å². The molecule has 0 rings (SSSR count). The van der Waals surface area contributed by atoms with E-state index in [0.29, 0.717) is 0 Å². The highest BCUT2D eigenvalue weighted by Gasteiger charge is 1.95. The Hall–Kier alpha value is -0.0700. The van der Waals surface area contributed by atoms with Crippen LogP contribution in [-0.4, -0.2) is 6.67 Å². The van der Waals surface area contributed by atoms with Crippen molar-refractivity contribution in [2.45, 2.75) is 141 Å². The minimum absolute atomic E-state index is 0.128. The van der Waals surface area contributed by atoms with Gasteiger partial charge >= 0.3 is 0 Å². The van der Waals surface area contributed by atoms with Gasteiger partial charge in [0.05, 0.1) is 6.67 Å². The molecule has 0 bridgehead atoms. The van der Waals surface area contributed by atoms with Crippen molar-refractivity contribution in [2.75, 3.05) is 6.67 Å². The predicted octanol–water partition coefficient (Wildman–Crippen LogP) is 9.37. The zero-order valence-electron chi connectivity index (χ0n) is 17.3. The molecule has 0 amide bonds. The smallest absolute Gasteiger partial charge is 0.0894 e. The van der Waals surface area contributed by atoms with Gasteiger partial charge in [0.25, 0.3) is 0 Å². The van der Waals surface area contributed by atoms with E-state index < -0.39 is 0 Å². The largest absolute Gasteiger partial charge is 0.251 e. The Morgan fingerprint density at radius 3 is 0.720 bits per heavy atom. The molecule has 151 valence electrons. The first-order valence-corrected chi connectivity index (χ1v) is 11.8.